The number of rotatable bonds is 5. The Hall–Kier alpha value is -1.24. The van der Waals surface area contributed by atoms with Crippen molar-refractivity contribution >= 4 is 35.2 Å². The molecule has 1 aromatic carbocycles. The Morgan fingerprint density at radius 1 is 1.27 bits per heavy atom. The minimum absolute atomic E-state index is 0.0213. The molecule has 120 valence electrons. The van der Waals surface area contributed by atoms with E-state index in [1.54, 1.807) is 4.90 Å². The van der Waals surface area contributed by atoms with E-state index in [9.17, 15) is 14.7 Å². The Balaban J connectivity index is 1.77. The minimum Gasteiger partial charge on any atom is -0.479 e. The van der Waals surface area contributed by atoms with Crippen LogP contribution in [0.3, 0.4) is 0 Å². The molecule has 5 nitrogen and oxygen atoms in total. The number of thioether (sulfide) groups is 1. The molecule has 2 rings (SSSR count). The minimum atomic E-state index is -1.69. The van der Waals surface area contributed by atoms with Gasteiger partial charge in [-0.25, -0.2) is 4.79 Å². The Morgan fingerprint density at radius 2 is 1.91 bits per heavy atom. The van der Waals surface area contributed by atoms with Crippen LogP contribution in [0.1, 0.15) is 19.3 Å². The molecule has 7 heteroatoms. The number of carboxylic acid groups (broad SMARTS) is 1. The number of carboxylic acids is 1. The molecule has 1 aliphatic heterocycles. The monoisotopic (exact) mass is 343 g/mol. The number of aliphatic carboxylic acids is 1. The molecule has 1 heterocycles. The molecule has 0 atom stereocenters. The highest BCUT2D eigenvalue weighted by Crippen LogP contribution is 2.28. The van der Waals surface area contributed by atoms with Gasteiger partial charge in [0.2, 0.25) is 5.91 Å². The lowest BCUT2D eigenvalue weighted by molar-refractivity contribution is -0.165. The van der Waals surface area contributed by atoms with Crippen LogP contribution < -0.4 is 0 Å². The largest absolute Gasteiger partial charge is 0.479 e. The quantitative estimate of drug-likeness (QED) is 0.802. The Bertz CT molecular complexity index is 558. The second kappa shape index (κ2) is 7.35. The van der Waals surface area contributed by atoms with Crippen molar-refractivity contribution in [3.8, 4) is 0 Å². The lowest BCUT2D eigenvalue weighted by Crippen LogP contribution is -2.50. The number of carbonyl (C=O) groups is 2. The van der Waals surface area contributed by atoms with E-state index in [0.717, 1.165) is 4.90 Å². The first kappa shape index (κ1) is 17.1. The van der Waals surface area contributed by atoms with Gasteiger partial charge in [-0.2, -0.15) is 0 Å². The Morgan fingerprint density at radius 3 is 2.50 bits per heavy atom. The molecule has 0 aliphatic carbocycles. The highest BCUT2D eigenvalue weighted by molar-refractivity contribution is 7.99. The van der Waals surface area contributed by atoms with Gasteiger partial charge in [-0.3, -0.25) is 4.79 Å². The summed E-state index contributed by atoms with van der Waals surface area (Å²) in [6.45, 7) is 0.552. The van der Waals surface area contributed by atoms with Gasteiger partial charge in [0.25, 0.3) is 0 Å². The summed E-state index contributed by atoms with van der Waals surface area (Å²) in [5.74, 6) is -0.622. The van der Waals surface area contributed by atoms with Crippen LogP contribution in [0, 0.1) is 0 Å². The lowest BCUT2D eigenvalue weighted by atomic mass is 9.91. The normalized spacial score (nSPS) is 17.3. The molecule has 1 saturated heterocycles. The van der Waals surface area contributed by atoms with E-state index in [0.29, 0.717) is 17.2 Å². The predicted molar refractivity (Wildman–Crippen MR) is 85.2 cm³/mol. The van der Waals surface area contributed by atoms with Crippen LogP contribution in [-0.4, -0.2) is 51.4 Å². The number of carbonyl (C=O) groups excluding carboxylic acids is 1. The smallest absolute Gasteiger partial charge is 0.335 e. The highest BCUT2D eigenvalue weighted by atomic mass is 35.5. The number of aliphatic hydroxyl groups is 1. The molecule has 22 heavy (non-hydrogen) atoms. The van der Waals surface area contributed by atoms with Gasteiger partial charge in [0.15, 0.2) is 5.60 Å². The second-order valence-corrected chi connectivity index (χ2v) is 6.79. The van der Waals surface area contributed by atoms with Crippen LogP contribution in [-0.2, 0) is 9.59 Å². The molecule has 1 aromatic rings. The molecular weight excluding hydrogens is 326 g/mol. The fourth-order valence-corrected chi connectivity index (χ4v) is 3.48. The van der Waals surface area contributed by atoms with Gasteiger partial charge >= 0.3 is 5.97 Å². The maximum Gasteiger partial charge on any atom is 0.335 e. The van der Waals surface area contributed by atoms with Crippen molar-refractivity contribution in [2.45, 2.75) is 29.8 Å². The van der Waals surface area contributed by atoms with E-state index < -0.39 is 11.6 Å². The summed E-state index contributed by atoms with van der Waals surface area (Å²) >= 11 is 7.57. The van der Waals surface area contributed by atoms with Crippen LogP contribution in [0.4, 0.5) is 0 Å². The van der Waals surface area contributed by atoms with E-state index in [1.807, 2.05) is 24.3 Å². The maximum absolute atomic E-state index is 12.1. The van der Waals surface area contributed by atoms with Gasteiger partial charge in [-0.05, 0) is 12.1 Å². The number of likely N-dealkylation sites (tertiary alicyclic amines) is 1. The Labute approximate surface area is 138 Å². The van der Waals surface area contributed by atoms with E-state index in [2.05, 4.69) is 0 Å². The summed E-state index contributed by atoms with van der Waals surface area (Å²) in [5.41, 5.74) is -1.69. The van der Waals surface area contributed by atoms with Crippen LogP contribution in [0.2, 0.25) is 5.02 Å². The summed E-state index contributed by atoms with van der Waals surface area (Å²) in [7, 11) is 0. The number of benzene rings is 1. The van der Waals surface area contributed by atoms with Crippen LogP contribution in [0.15, 0.2) is 29.2 Å². The third-order valence-corrected chi connectivity index (χ3v) is 5.27. The second-order valence-electron chi connectivity index (χ2n) is 5.25. The molecule has 0 radical (unpaired) electrons. The summed E-state index contributed by atoms with van der Waals surface area (Å²) in [5, 5.41) is 19.5. The van der Waals surface area contributed by atoms with E-state index >= 15 is 0 Å². The number of hydrogen-bond donors (Lipinski definition) is 2. The molecule has 0 saturated carbocycles. The van der Waals surface area contributed by atoms with Crippen LogP contribution in [0.5, 0.6) is 0 Å². The van der Waals surface area contributed by atoms with E-state index in [-0.39, 0.29) is 31.8 Å². The fourth-order valence-electron chi connectivity index (χ4n) is 2.31. The van der Waals surface area contributed by atoms with Crippen molar-refractivity contribution in [3.05, 3.63) is 29.3 Å². The number of amides is 1. The van der Waals surface area contributed by atoms with Gasteiger partial charge in [-0.15, -0.1) is 11.8 Å². The Kier molecular flexibility index (Phi) is 5.72. The molecular formula is C15H18ClNO4S. The number of hydrogen-bond acceptors (Lipinski definition) is 4. The van der Waals surface area contributed by atoms with Crippen molar-refractivity contribution in [1.29, 1.82) is 0 Å². The standard InChI is InChI=1S/C15H18ClNO4S/c16-11-3-1-2-4-12(11)22-10-5-13(18)17-8-6-15(21,7-9-17)14(19)20/h1-4,21H,5-10H2,(H,19,20). The fraction of sp³-hybridized carbons (Fsp3) is 0.467. The molecule has 0 unspecified atom stereocenters. The molecule has 0 bridgehead atoms. The average Bonchev–Trinajstić information content (AvgIpc) is 2.49. The predicted octanol–water partition coefficient (Wildman–Crippen LogP) is 2.26. The topological polar surface area (TPSA) is 77.8 Å². The summed E-state index contributed by atoms with van der Waals surface area (Å²) in [4.78, 5) is 25.6. The third kappa shape index (κ3) is 4.15. The third-order valence-electron chi connectivity index (χ3n) is 3.75. The van der Waals surface area contributed by atoms with Gasteiger partial charge in [0.05, 0.1) is 5.02 Å². The zero-order valence-electron chi connectivity index (χ0n) is 12.0. The first-order valence-electron chi connectivity index (χ1n) is 7.03. The molecule has 0 spiro atoms. The zero-order chi connectivity index (χ0) is 16.2. The summed E-state index contributed by atoms with van der Waals surface area (Å²) < 4.78 is 0. The number of halogens is 1. The SMILES string of the molecule is O=C(CCSc1ccccc1Cl)N1CCC(O)(C(=O)O)CC1. The highest BCUT2D eigenvalue weighted by Gasteiger charge is 2.40. The van der Waals surface area contributed by atoms with Crippen molar-refractivity contribution in [2.75, 3.05) is 18.8 Å². The number of piperidine rings is 1. The first-order valence-corrected chi connectivity index (χ1v) is 8.39. The van der Waals surface area contributed by atoms with Crippen LogP contribution in [0.25, 0.3) is 0 Å². The van der Waals surface area contributed by atoms with E-state index in [1.165, 1.54) is 11.8 Å². The molecule has 2 N–H and O–H groups in total. The molecule has 1 fully saturated rings. The molecule has 1 amide bonds. The van der Waals surface area contributed by atoms with E-state index in [4.69, 9.17) is 16.7 Å². The lowest BCUT2D eigenvalue weighted by Gasteiger charge is -2.35. The van der Waals surface area contributed by atoms with Gasteiger partial charge in [0.1, 0.15) is 0 Å². The zero-order valence-corrected chi connectivity index (χ0v) is 13.6. The number of nitrogens with zero attached hydrogens (tertiary/aromatic N) is 1. The first-order chi connectivity index (χ1) is 10.4. The molecule has 1 aliphatic rings. The van der Waals surface area contributed by atoms with Crippen molar-refractivity contribution in [2.24, 2.45) is 0 Å². The van der Waals surface area contributed by atoms with Crippen molar-refractivity contribution in [3.63, 3.8) is 0 Å². The van der Waals surface area contributed by atoms with Crippen molar-refractivity contribution in [1.82, 2.24) is 4.90 Å². The van der Waals surface area contributed by atoms with Gasteiger partial charge < -0.3 is 15.1 Å². The maximum atomic E-state index is 12.1. The summed E-state index contributed by atoms with van der Waals surface area (Å²) in [6.07, 6.45) is 0.513. The summed E-state index contributed by atoms with van der Waals surface area (Å²) in [6, 6.07) is 7.47. The van der Waals surface area contributed by atoms with Crippen molar-refractivity contribution < 1.29 is 19.8 Å². The average molecular weight is 344 g/mol. The van der Waals surface area contributed by atoms with Gasteiger partial charge in [0, 0.05) is 43.0 Å². The van der Waals surface area contributed by atoms with Gasteiger partial charge in [-0.1, -0.05) is 23.7 Å². The molecule has 0 aromatic heterocycles. The van der Waals surface area contributed by atoms with Crippen LogP contribution >= 0.6 is 23.4 Å².